The second-order valence-electron chi connectivity index (χ2n) is 8.32. The number of aliphatic hydroxyl groups excluding tert-OH is 1. The molecule has 0 fully saturated rings. The minimum Gasteiger partial charge on any atom is -0.381 e. The van der Waals surface area contributed by atoms with Crippen LogP contribution in [0, 0.1) is 13.8 Å². The van der Waals surface area contributed by atoms with E-state index in [1.54, 1.807) is 11.3 Å². The maximum atomic E-state index is 11.2. The molecule has 0 aliphatic rings. The Labute approximate surface area is 198 Å². The number of hydrogen-bond acceptors (Lipinski definition) is 3. The van der Waals surface area contributed by atoms with E-state index in [2.05, 4.69) is 96.6 Å². The molecule has 33 heavy (non-hydrogen) atoms. The number of aromatic nitrogens is 2. The molecule has 1 N–H and O–H groups in total. The second-order valence-corrected chi connectivity index (χ2v) is 9.24. The van der Waals surface area contributed by atoms with Crippen LogP contribution < -0.4 is 0 Å². The lowest BCUT2D eigenvalue weighted by atomic mass is 9.77. The zero-order chi connectivity index (χ0) is 22.8. The molecule has 4 heteroatoms. The summed E-state index contributed by atoms with van der Waals surface area (Å²) in [6.07, 6.45) is 3.08. The van der Waals surface area contributed by atoms with E-state index in [0.29, 0.717) is 5.69 Å². The van der Waals surface area contributed by atoms with E-state index in [0.717, 1.165) is 27.1 Å². The predicted molar refractivity (Wildman–Crippen MR) is 135 cm³/mol. The summed E-state index contributed by atoms with van der Waals surface area (Å²) in [7, 11) is 0. The predicted octanol–water partition coefficient (Wildman–Crippen LogP) is 6.48. The van der Waals surface area contributed by atoms with Gasteiger partial charge in [-0.05, 0) is 47.0 Å². The first-order valence-electron chi connectivity index (χ1n) is 11.1. The molecule has 0 bridgehead atoms. The van der Waals surface area contributed by atoms with Crippen LogP contribution in [0.3, 0.4) is 0 Å². The average molecular weight is 451 g/mol. The van der Waals surface area contributed by atoms with Gasteiger partial charge in [0.15, 0.2) is 0 Å². The standard InChI is InChI=1S/C29H26N2OS/c1-21-19-33-28(22(21)2)27(32)26-18-31(20-30-26)29(23-12-6-3-7-13-23,24-14-8-4-9-15-24)25-16-10-5-11-17-25/h3-20,27,32H,1-2H3. The van der Waals surface area contributed by atoms with Gasteiger partial charge in [0, 0.05) is 11.1 Å². The number of aryl methyl sites for hydroxylation is 1. The van der Waals surface area contributed by atoms with Gasteiger partial charge in [0.2, 0.25) is 0 Å². The molecule has 2 heterocycles. The van der Waals surface area contributed by atoms with Crippen LogP contribution in [0.5, 0.6) is 0 Å². The van der Waals surface area contributed by atoms with Crippen LogP contribution in [0.2, 0.25) is 0 Å². The topological polar surface area (TPSA) is 38.0 Å². The van der Waals surface area contributed by atoms with Gasteiger partial charge in [0.1, 0.15) is 11.6 Å². The van der Waals surface area contributed by atoms with Crippen molar-refractivity contribution in [3.63, 3.8) is 0 Å². The van der Waals surface area contributed by atoms with Gasteiger partial charge >= 0.3 is 0 Å². The van der Waals surface area contributed by atoms with Crippen molar-refractivity contribution < 1.29 is 5.11 Å². The first-order chi connectivity index (χ1) is 16.1. The van der Waals surface area contributed by atoms with E-state index in [1.165, 1.54) is 5.56 Å². The molecular formula is C29H26N2OS. The lowest BCUT2D eigenvalue weighted by Crippen LogP contribution is -2.37. The molecule has 2 aromatic heterocycles. The quantitative estimate of drug-likeness (QED) is 0.301. The fourth-order valence-corrected chi connectivity index (χ4v) is 5.64. The van der Waals surface area contributed by atoms with Gasteiger partial charge in [-0.2, -0.15) is 0 Å². The van der Waals surface area contributed by atoms with E-state index < -0.39 is 11.6 Å². The van der Waals surface area contributed by atoms with Gasteiger partial charge in [-0.1, -0.05) is 91.0 Å². The molecule has 0 saturated heterocycles. The van der Waals surface area contributed by atoms with Crippen molar-refractivity contribution in [3.8, 4) is 0 Å². The van der Waals surface area contributed by atoms with Gasteiger partial charge < -0.3 is 9.67 Å². The van der Waals surface area contributed by atoms with Crippen LogP contribution in [0.1, 0.15) is 44.5 Å². The van der Waals surface area contributed by atoms with Crippen LogP contribution in [0.25, 0.3) is 0 Å². The molecule has 3 nitrogen and oxygen atoms in total. The molecule has 0 spiro atoms. The SMILES string of the molecule is Cc1csc(C(O)c2cn(C(c3ccccc3)(c3ccccc3)c3ccccc3)cn2)c1C. The number of benzene rings is 3. The Kier molecular flexibility index (Phi) is 5.71. The first kappa shape index (κ1) is 21.4. The van der Waals surface area contributed by atoms with E-state index in [1.807, 2.05) is 30.7 Å². The minimum atomic E-state index is -0.759. The zero-order valence-electron chi connectivity index (χ0n) is 18.7. The zero-order valence-corrected chi connectivity index (χ0v) is 19.5. The summed E-state index contributed by atoms with van der Waals surface area (Å²) < 4.78 is 2.14. The molecule has 3 aromatic carbocycles. The Hall–Kier alpha value is -3.47. The number of rotatable bonds is 6. The van der Waals surface area contributed by atoms with E-state index >= 15 is 0 Å². The molecule has 0 aliphatic heterocycles. The molecule has 0 radical (unpaired) electrons. The van der Waals surface area contributed by atoms with Crippen molar-refractivity contribution in [2.24, 2.45) is 0 Å². The third-order valence-electron chi connectivity index (χ3n) is 6.42. The van der Waals surface area contributed by atoms with E-state index in [4.69, 9.17) is 4.98 Å². The summed E-state index contributed by atoms with van der Waals surface area (Å²) in [6.45, 7) is 4.13. The van der Waals surface area contributed by atoms with Gasteiger partial charge in [-0.25, -0.2) is 4.98 Å². The Morgan fingerprint density at radius 1 is 0.788 bits per heavy atom. The fourth-order valence-electron chi connectivity index (χ4n) is 4.57. The summed E-state index contributed by atoms with van der Waals surface area (Å²) in [4.78, 5) is 5.65. The third kappa shape index (κ3) is 3.62. The highest BCUT2D eigenvalue weighted by Crippen LogP contribution is 2.41. The van der Waals surface area contributed by atoms with Crippen molar-refractivity contribution in [2.45, 2.75) is 25.5 Å². The fraction of sp³-hybridized carbons (Fsp3) is 0.138. The summed E-state index contributed by atoms with van der Waals surface area (Å²) >= 11 is 1.59. The van der Waals surface area contributed by atoms with Gasteiger partial charge in [-0.15, -0.1) is 11.3 Å². The number of aliphatic hydroxyl groups is 1. The lowest BCUT2D eigenvalue weighted by Gasteiger charge is -2.37. The lowest BCUT2D eigenvalue weighted by molar-refractivity contribution is 0.218. The summed E-state index contributed by atoms with van der Waals surface area (Å²) in [5, 5.41) is 13.3. The van der Waals surface area contributed by atoms with Crippen molar-refractivity contribution in [2.75, 3.05) is 0 Å². The second kappa shape index (κ2) is 8.81. The third-order valence-corrected chi connectivity index (χ3v) is 7.67. The molecule has 164 valence electrons. The highest BCUT2D eigenvalue weighted by molar-refractivity contribution is 7.10. The molecule has 5 aromatic rings. The van der Waals surface area contributed by atoms with Crippen LogP contribution in [0.4, 0.5) is 0 Å². The normalized spacial score (nSPS) is 12.6. The van der Waals surface area contributed by atoms with Crippen molar-refractivity contribution in [1.29, 1.82) is 0 Å². The number of imidazole rings is 1. The van der Waals surface area contributed by atoms with Gasteiger partial charge in [0.05, 0.1) is 12.0 Å². The molecule has 0 aliphatic carbocycles. The van der Waals surface area contributed by atoms with Gasteiger partial charge in [0.25, 0.3) is 0 Å². The molecular weight excluding hydrogens is 424 g/mol. The van der Waals surface area contributed by atoms with Crippen LogP contribution in [-0.2, 0) is 5.54 Å². The number of hydrogen-bond donors (Lipinski definition) is 1. The minimum absolute atomic E-state index is 0.630. The largest absolute Gasteiger partial charge is 0.381 e. The van der Waals surface area contributed by atoms with Crippen LogP contribution in [-0.4, -0.2) is 14.7 Å². The Morgan fingerprint density at radius 2 is 1.27 bits per heavy atom. The van der Waals surface area contributed by atoms with Crippen LogP contribution >= 0.6 is 11.3 Å². The number of thiophene rings is 1. The Balaban J connectivity index is 1.75. The summed E-state index contributed by atoms with van der Waals surface area (Å²) in [5.74, 6) is 0. The average Bonchev–Trinajstić information content (AvgIpc) is 3.49. The van der Waals surface area contributed by atoms with Crippen molar-refractivity contribution in [3.05, 3.63) is 147 Å². The van der Waals surface area contributed by atoms with E-state index in [-0.39, 0.29) is 0 Å². The molecule has 5 rings (SSSR count). The maximum Gasteiger partial charge on any atom is 0.132 e. The summed E-state index contributed by atoms with van der Waals surface area (Å²) in [5.41, 5.74) is 5.72. The molecule has 0 saturated carbocycles. The van der Waals surface area contributed by atoms with Gasteiger partial charge in [-0.3, -0.25) is 0 Å². The highest BCUT2D eigenvalue weighted by atomic mass is 32.1. The molecule has 1 atom stereocenters. The number of nitrogens with zero attached hydrogens (tertiary/aromatic N) is 2. The van der Waals surface area contributed by atoms with Crippen molar-refractivity contribution >= 4 is 11.3 Å². The highest BCUT2D eigenvalue weighted by Gasteiger charge is 2.38. The molecule has 1 unspecified atom stereocenters. The first-order valence-corrected chi connectivity index (χ1v) is 11.9. The molecule has 0 amide bonds. The van der Waals surface area contributed by atoms with Crippen LogP contribution in [0.15, 0.2) is 109 Å². The Bertz CT molecular complexity index is 1240. The summed E-state index contributed by atoms with van der Waals surface area (Å²) in [6, 6.07) is 31.5. The van der Waals surface area contributed by atoms with Crippen molar-refractivity contribution in [1.82, 2.24) is 9.55 Å². The smallest absolute Gasteiger partial charge is 0.132 e. The maximum absolute atomic E-state index is 11.2. The Morgan fingerprint density at radius 3 is 1.70 bits per heavy atom. The monoisotopic (exact) mass is 450 g/mol. The van der Waals surface area contributed by atoms with E-state index in [9.17, 15) is 5.11 Å².